The number of anilines is 2. The smallest absolute Gasteiger partial charge is 0.255 e. The largest absolute Gasteiger partial charge is 0.496 e. The Hall–Kier alpha value is -3.31. The van der Waals surface area contributed by atoms with Crippen LogP contribution in [0.5, 0.6) is 5.75 Å². The van der Waals surface area contributed by atoms with Crippen LogP contribution in [0.25, 0.3) is 11.1 Å². The van der Waals surface area contributed by atoms with E-state index < -0.39 is 0 Å². The lowest BCUT2D eigenvalue weighted by Gasteiger charge is -2.35. The number of nitrogens with zero attached hydrogens (tertiary/aromatic N) is 1. The highest BCUT2D eigenvalue weighted by Crippen LogP contribution is 2.36. The summed E-state index contributed by atoms with van der Waals surface area (Å²) >= 11 is 0. The molecule has 0 unspecified atom stereocenters. The van der Waals surface area contributed by atoms with Crippen LogP contribution in [0.3, 0.4) is 0 Å². The molecule has 178 valence electrons. The Morgan fingerprint density at radius 3 is 2.38 bits per heavy atom. The minimum Gasteiger partial charge on any atom is -0.496 e. The maximum absolute atomic E-state index is 13.0. The standard InChI is InChI=1S/C29H35N3O2/c1-19(2)32-15-13-22(14-16-32)27-18-25(11-12-28(27)34-4)31-29(33)23-8-6-21(7-9-23)26-17-24(30)10-5-20(26)3/h5-12,17-19,22H,13-16,30H2,1-4H3,(H,31,33). The van der Waals surface area contributed by atoms with Crippen LogP contribution in [0.1, 0.15) is 54.1 Å². The molecule has 0 atom stereocenters. The zero-order valence-electron chi connectivity index (χ0n) is 20.6. The van der Waals surface area contributed by atoms with Crippen LogP contribution < -0.4 is 15.8 Å². The van der Waals surface area contributed by atoms with Gasteiger partial charge in [0.1, 0.15) is 5.75 Å². The van der Waals surface area contributed by atoms with Gasteiger partial charge in [-0.3, -0.25) is 4.79 Å². The molecule has 1 heterocycles. The van der Waals surface area contributed by atoms with Gasteiger partial charge in [-0.05, 0) is 117 Å². The molecule has 1 fully saturated rings. The molecule has 0 radical (unpaired) electrons. The van der Waals surface area contributed by atoms with E-state index >= 15 is 0 Å². The number of piperidine rings is 1. The number of nitrogens with one attached hydrogen (secondary N) is 1. The molecule has 1 amide bonds. The summed E-state index contributed by atoms with van der Waals surface area (Å²) in [5, 5.41) is 3.07. The number of benzene rings is 3. The first kappa shape index (κ1) is 23.8. The number of hydrogen-bond donors (Lipinski definition) is 2. The maximum atomic E-state index is 13.0. The van der Waals surface area contributed by atoms with Gasteiger partial charge in [-0.15, -0.1) is 0 Å². The van der Waals surface area contributed by atoms with Crippen molar-refractivity contribution in [2.24, 2.45) is 0 Å². The van der Waals surface area contributed by atoms with E-state index in [2.05, 4.69) is 37.1 Å². The summed E-state index contributed by atoms with van der Waals surface area (Å²) in [6, 6.07) is 20.1. The second kappa shape index (κ2) is 10.3. The van der Waals surface area contributed by atoms with Gasteiger partial charge in [-0.2, -0.15) is 0 Å². The van der Waals surface area contributed by atoms with E-state index in [1.165, 1.54) is 5.56 Å². The van der Waals surface area contributed by atoms with Gasteiger partial charge in [0.15, 0.2) is 0 Å². The quantitative estimate of drug-likeness (QED) is 0.439. The van der Waals surface area contributed by atoms with Crippen LogP contribution in [0, 0.1) is 6.92 Å². The van der Waals surface area contributed by atoms with Crippen LogP contribution >= 0.6 is 0 Å². The average Bonchev–Trinajstić information content (AvgIpc) is 2.85. The van der Waals surface area contributed by atoms with Crippen molar-refractivity contribution in [1.29, 1.82) is 0 Å². The Morgan fingerprint density at radius 1 is 1.03 bits per heavy atom. The lowest BCUT2D eigenvalue weighted by Crippen LogP contribution is -2.37. The van der Waals surface area contributed by atoms with Gasteiger partial charge >= 0.3 is 0 Å². The molecule has 5 heteroatoms. The molecular weight excluding hydrogens is 422 g/mol. The van der Waals surface area contributed by atoms with Crippen LogP contribution in [0.4, 0.5) is 11.4 Å². The third-order valence-electron chi connectivity index (χ3n) is 6.91. The summed E-state index contributed by atoms with van der Waals surface area (Å²) in [6.07, 6.45) is 2.19. The Bertz CT molecular complexity index is 1150. The average molecular weight is 458 g/mol. The molecule has 3 N–H and O–H groups in total. The molecule has 3 aromatic rings. The molecule has 34 heavy (non-hydrogen) atoms. The molecule has 3 aromatic carbocycles. The molecule has 1 aliphatic heterocycles. The number of aryl methyl sites for hydroxylation is 1. The Kier molecular flexibility index (Phi) is 7.23. The Labute approximate surface area is 202 Å². The zero-order valence-corrected chi connectivity index (χ0v) is 20.6. The molecule has 0 aromatic heterocycles. The van der Waals surface area contributed by atoms with Gasteiger partial charge in [-0.25, -0.2) is 0 Å². The van der Waals surface area contributed by atoms with Gasteiger partial charge in [0, 0.05) is 23.0 Å². The third kappa shape index (κ3) is 5.26. The van der Waals surface area contributed by atoms with Crippen molar-refractivity contribution >= 4 is 17.3 Å². The second-order valence-electron chi connectivity index (χ2n) is 9.47. The third-order valence-corrected chi connectivity index (χ3v) is 6.91. The monoisotopic (exact) mass is 457 g/mol. The lowest BCUT2D eigenvalue weighted by molar-refractivity contribution is 0.102. The highest BCUT2D eigenvalue weighted by atomic mass is 16.5. The molecule has 5 nitrogen and oxygen atoms in total. The molecule has 0 aliphatic carbocycles. The number of ether oxygens (including phenoxy) is 1. The molecule has 0 bridgehead atoms. The van der Waals surface area contributed by atoms with Gasteiger partial charge < -0.3 is 20.7 Å². The fraction of sp³-hybridized carbons (Fsp3) is 0.345. The summed E-state index contributed by atoms with van der Waals surface area (Å²) in [5.74, 6) is 1.20. The number of carbonyl (C=O) groups excluding carboxylic acids is 1. The van der Waals surface area contributed by atoms with Gasteiger partial charge in [0.05, 0.1) is 7.11 Å². The number of carbonyl (C=O) groups is 1. The van der Waals surface area contributed by atoms with Gasteiger partial charge in [0.2, 0.25) is 0 Å². The summed E-state index contributed by atoms with van der Waals surface area (Å²) in [4.78, 5) is 15.5. The normalized spacial score (nSPS) is 14.9. The topological polar surface area (TPSA) is 67.6 Å². The van der Waals surface area contributed by atoms with Crippen molar-refractivity contribution in [3.8, 4) is 16.9 Å². The van der Waals surface area contributed by atoms with Crippen molar-refractivity contribution in [3.05, 3.63) is 77.4 Å². The van der Waals surface area contributed by atoms with E-state index in [9.17, 15) is 4.79 Å². The molecule has 1 saturated heterocycles. The predicted molar refractivity (Wildman–Crippen MR) is 141 cm³/mol. The number of rotatable bonds is 6. The van der Waals surface area contributed by atoms with E-state index in [1.807, 2.05) is 54.6 Å². The molecule has 0 saturated carbocycles. The van der Waals surface area contributed by atoms with Crippen molar-refractivity contribution in [2.75, 3.05) is 31.2 Å². The first-order valence-electron chi connectivity index (χ1n) is 12.1. The highest BCUT2D eigenvalue weighted by molar-refractivity contribution is 6.04. The lowest BCUT2D eigenvalue weighted by atomic mass is 9.88. The van der Waals surface area contributed by atoms with Gasteiger partial charge in [-0.1, -0.05) is 18.2 Å². The first-order chi connectivity index (χ1) is 16.4. The van der Waals surface area contributed by atoms with E-state index in [1.54, 1.807) is 7.11 Å². The van der Waals surface area contributed by atoms with Crippen LogP contribution in [0.2, 0.25) is 0 Å². The van der Waals surface area contributed by atoms with Crippen LogP contribution in [-0.2, 0) is 0 Å². The summed E-state index contributed by atoms with van der Waals surface area (Å²) in [5.41, 5.74) is 12.5. The Morgan fingerprint density at radius 2 is 1.74 bits per heavy atom. The number of nitrogens with two attached hydrogens (primary N) is 1. The molecule has 0 spiro atoms. The fourth-order valence-corrected chi connectivity index (χ4v) is 4.81. The number of likely N-dealkylation sites (tertiary alicyclic amines) is 1. The predicted octanol–water partition coefficient (Wildman–Crippen LogP) is 6.09. The first-order valence-corrected chi connectivity index (χ1v) is 12.1. The van der Waals surface area contributed by atoms with E-state index in [4.69, 9.17) is 10.5 Å². The number of hydrogen-bond acceptors (Lipinski definition) is 4. The highest BCUT2D eigenvalue weighted by Gasteiger charge is 2.24. The van der Waals surface area contributed by atoms with E-state index in [0.29, 0.717) is 17.5 Å². The molecule has 4 rings (SSSR count). The zero-order chi connectivity index (χ0) is 24.2. The SMILES string of the molecule is COc1ccc(NC(=O)c2ccc(-c3cc(N)ccc3C)cc2)cc1C1CCN(C(C)C)CC1. The molecular formula is C29H35N3O2. The van der Waals surface area contributed by atoms with Crippen molar-refractivity contribution in [2.45, 2.75) is 45.6 Å². The summed E-state index contributed by atoms with van der Waals surface area (Å²) in [7, 11) is 1.71. The summed E-state index contributed by atoms with van der Waals surface area (Å²) in [6.45, 7) is 8.73. The summed E-state index contributed by atoms with van der Waals surface area (Å²) < 4.78 is 5.66. The Balaban J connectivity index is 1.49. The number of methoxy groups -OCH3 is 1. The van der Waals surface area contributed by atoms with Crippen molar-refractivity contribution in [1.82, 2.24) is 4.90 Å². The van der Waals surface area contributed by atoms with Crippen LogP contribution in [0.15, 0.2) is 60.7 Å². The van der Waals surface area contributed by atoms with Crippen molar-refractivity contribution < 1.29 is 9.53 Å². The second-order valence-corrected chi connectivity index (χ2v) is 9.47. The molecule has 1 aliphatic rings. The van der Waals surface area contributed by atoms with E-state index in [-0.39, 0.29) is 5.91 Å². The minimum absolute atomic E-state index is 0.124. The van der Waals surface area contributed by atoms with Crippen molar-refractivity contribution in [3.63, 3.8) is 0 Å². The van der Waals surface area contributed by atoms with E-state index in [0.717, 1.165) is 59.7 Å². The number of nitrogen functional groups attached to an aromatic ring is 1. The fourth-order valence-electron chi connectivity index (χ4n) is 4.81. The van der Waals surface area contributed by atoms with Gasteiger partial charge in [0.25, 0.3) is 5.91 Å². The maximum Gasteiger partial charge on any atom is 0.255 e. The minimum atomic E-state index is -0.124. The van der Waals surface area contributed by atoms with Crippen LogP contribution in [-0.4, -0.2) is 37.0 Å². The number of amides is 1.